The third-order valence-corrected chi connectivity index (χ3v) is 13.1. The van der Waals surface area contributed by atoms with E-state index >= 15 is 0 Å². The Morgan fingerprint density at radius 2 is 0.809 bits per heavy atom. The SMILES string of the molecule is CCCCC/C=C\C/C=C\C/C=C\CCCCCCCCC(=O)OC(CCCCC/C=C/C=C/C=C/CCCCCCC)CC(=O)NC(CO)C(O)CCCCCCCCCCCCCCCC. The minimum absolute atomic E-state index is 0.0477. The Balaban J connectivity index is 4.65. The van der Waals surface area contributed by atoms with E-state index < -0.39 is 18.2 Å². The highest BCUT2D eigenvalue weighted by atomic mass is 16.5. The topological polar surface area (TPSA) is 95.9 Å². The molecule has 0 aromatic heterocycles. The van der Waals surface area contributed by atoms with E-state index in [4.69, 9.17) is 4.74 Å². The second-order valence-corrected chi connectivity index (χ2v) is 19.7. The molecule has 0 saturated carbocycles. The highest BCUT2D eigenvalue weighted by Crippen LogP contribution is 2.18. The Kier molecular flexibility index (Phi) is 53.0. The van der Waals surface area contributed by atoms with Crippen LogP contribution in [0.1, 0.15) is 284 Å². The number of hydrogen-bond acceptors (Lipinski definition) is 5. The highest BCUT2D eigenvalue weighted by Gasteiger charge is 2.24. The first-order chi connectivity index (χ1) is 33.5. The molecule has 0 aromatic carbocycles. The fraction of sp³-hybridized carbons (Fsp3) is 0.774. The van der Waals surface area contributed by atoms with Crippen LogP contribution in [0.25, 0.3) is 0 Å². The zero-order valence-corrected chi connectivity index (χ0v) is 45.0. The van der Waals surface area contributed by atoms with Crippen molar-refractivity contribution in [2.24, 2.45) is 0 Å². The molecule has 6 nitrogen and oxygen atoms in total. The third-order valence-electron chi connectivity index (χ3n) is 13.1. The largest absolute Gasteiger partial charge is 0.462 e. The van der Waals surface area contributed by atoms with Gasteiger partial charge in [0.05, 0.1) is 25.2 Å². The van der Waals surface area contributed by atoms with Gasteiger partial charge in [0.2, 0.25) is 5.91 Å². The van der Waals surface area contributed by atoms with E-state index in [2.05, 4.69) is 99.0 Å². The second-order valence-electron chi connectivity index (χ2n) is 19.7. The summed E-state index contributed by atoms with van der Waals surface area (Å²) in [6.07, 6.45) is 71.0. The lowest BCUT2D eigenvalue weighted by Gasteiger charge is -2.24. The lowest BCUT2D eigenvalue weighted by atomic mass is 10.0. The van der Waals surface area contributed by atoms with Crippen LogP contribution in [-0.4, -0.2) is 46.9 Å². The van der Waals surface area contributed by atoms with Crippen LogP contribution < -0.4 is 5.32 Å². The number of nitrogens with one attached hydrogen (secondary N) is 1. The Morgan fingerprint density at radius 3 is 1.29 bits per heavy atom. The standard InChI is InChI=1S/C62H111NO5/c1-4-7-10-13-16-19-22-25-28-30-31-32-34-37-40-43-46-49-52-55-62(67)68-58(53-50-47-44-41-38-35-33-29-26-23-20-17-14-11-8-5-2)56-61(66)63-59(57-64)60(65)54-51-48-45-42-39-36-27-24-21-18-15-12-9-6-3/h16,19,23,25-26,28-29,31-33,35,38,58-60,64-65H,4-15,17-18,20-22,24,27,30,34,36-37,39-57H2,1-3H3,(H,63,66)/b19-16-,26-23+,28-25-,32-31-,33-29+,38-35+. The Hall–Kier alpha value is -2.70. The zero-order valence-electron chi connectivity index (χ0n) is 45.0. The predicted octanol–water partition coefficient (Wildman–Crippen LogP) is 18.1. The van der Waals surface area contributed by atoms with Gasteiger partial charge in [-0.2, -0.15) is 0 Å². The summed E-state index contributed by atoms with van der Waals surface area (Å²) in [5.74, 6) is -0.517. The summed E-state index contributed by atoms with van der Waals surface area (Å²) in [7, 11) is 0. The number of allylic oxidation sites excluding steroid dienone is 12. The number of carbonyl (C=O) groups is 2. The van der Waals surface area contributed by atoms with Crippen molar-refractivity contribution in [2.75, 3.05) is 6.61 Å². The number of esters is 1. The molecule has 0 saturated heterocycles. The summed E-state index contributed by atoms with van der Waals surface area (Å²) in [5, 5.41) is 23.9. The molecule has 0 radical (unpaired) electrons. The average molecular weight is 951 g/mol. The van der Waals surface area contributed by atoms with Crippen molar-refractivity contribution in [1.29, 1.82) is 0 Å². The number of aliphatic hydroxyl groups is 2. The summed E-state index contributed by atoms with van der Waals surface area (Å²) in [4.78, 5) is 26.3. The van der Waals surface area contributed by atoms with Crippen molar-refractivity contribution < 1.29 is 24.5 Å². The summed E-state index contributed by atoms with van der Waals surface area (Å²) in [5.41, 5.74) is 0. The molecule has 0 bridgehead atoms. The fourth-order valence-corrected chi connectivity index (χ4v) is 8.62. The first-order valence-corrected chi connectivity index (χ1v) is 29.2. The van der Waals surface area contributed by atoms with Gasteiger partial charge < -0.3 is 20.3 Å². The van der Waals surface area contributed by atoms with Gasteiger partial charge in [0.1, 0.15) is 6.10 Å². The number of unbranched alkanes of at least 4 members (excludes halogenated alkanes) is 30. The maximum atomic E-state index is 13.3. The van der Waals surface area contributed by atoms with Crippen molar-refractivity contribution in [3.63, 3.8) is 0 Å². The Morgan fingerprint density at radius 1 is 0.441 bits per heavy atom. The van der Waals surface area contributed by atoms with E-state index in [-0.39, 0.29) is 24.9 Å². The molecule has 0 aliphatic rings. The maximum Gasteiger partial charge on any atom is 0.306 e. The van der Waals surface area contributed by atoms with Crippen LogP contribution in [0, 0.1) is 0 Å². The van der Waals surface area contributed by atoms with Gasteiger partial charge in [-0.3, -0.25) is 9.59 Å². The highest BCUT2D eigenvalue weighted by molar-refractivity contribution is 5.77. The monoisotopic (exact) mass is 950 g/mol. The molecule has 1 amide bonds. The molecule has 6 heteroatoms. The van der Waals surface area contributed by atoms with Crippen LogP contribution in [-0.2, 0) is 14.3 Å². The van der Waals surface area contributed by atoms with E-state index in [1.807, 2.05) is 0 Å². The molecule has 0 fully saturated rings. The smallest absolute Gasteiger partial charge is 0.306 e. The van der Waals surface area contributed by atoms with E-state index in [9.17, 15) is 19.8 Å². The lowest BCUT2D eigenvalue weighted by molar-refractivity contribution is -0.151. The molecule has 3 atom stereocenters. The van der Waals surface area contributed by atoms with Gasteiger partial charge in [0.25, 0.3) is 0 Å². The molecule has 394 valence electrons. The molecule has 3 unspecified atom stereocenters. The van der Waals surface area contributed by atoms with Crippen LogP contribution >= 0.6 is 0 Å². The number of ether oxygens (including phenoxy) is 1. The van der Waals surface area contributed by atoms with Crippen LogP contribution in [0.2, 0.25) is 0 Å². The number of aliphatic hydroxyl groups excluding tert-OH is 2. The number of amides is 1. The molecule has 0 spiro atoms. The van der Waals surface area contributed by atoms with Crippen LogP contribution in [0.15, 0.2) is 72.9 Å². The van der Waals surface area contributed by atoms with Crippen LogP contribution in [0.3, 0.4) is 0 Å². The molecule has 0 rings (SSSR count). The molecule has 0 aliphatic carbocycles. The van der Waals surface area contributed by atoms with Crippen LogP contribution in [0.5, 0.6) is 0 Å². The molecule has 0 heterocycles. The minimum Gasteiger partial charge on any atom is -0.462 e. The normalized spacial score (nSPS) is 13.7. The van der Waals surface area contributed by atoms with E-state index in [0.717, 1.165) is 89.9 Å². The van der Waals surface area contributed by atoms with Gasteiger partial charge >= 0.3 is 5.97 Å². The lowest BCUT2D eigenvalue weighted by Crippen LogP contribution is -2.46. The van der Waals surface area contributed by atoms with Gasteiger partial charge in [-0.25, -0.2) is 0 Å². The van der Waals surface area contributed by atoms with E-state index in [0.29, 0.717) is 19.3 Å². The third kappa shape index (κ3) is 49.7. The molecule has 68 heavy (non-hydrogen) atoms. The van der Waals surface area contributed by atoms with Gasteiger partial charge in [-0.1, -0.05) is 254 Å². The average Bonchev–Trinajstić information content (AvgIpc) is 3.33. The number of carbonyl (C=O) groups excluding carboxylic acids is 2. The second kappa shape index (κ2) is 55.2. The van der Waals surface area contributed by atoms with Crippen LogP contribution in [0.4, 0.5) is 0 Å². The summed E-state index contributed by atoms with van der Waals surface area (Å²) in [6.45, 7) is 6.45. The number of rotatable bonds is 52. The fourth-order valence-electron chi connectivity index (χ4n) is 8.62. The molecular formula is C62H111NO5. The van der Waals surface area contributed by atoms with Crippen molar-refractivity contribution in [3.05, 3.63) is 72.9 Å². The van der Waals surface area contributed by atoms with Crippen molar-refractivity contribution in [1.82, 2.24) is 5.32 Å². The summed E-state index contributed by atoms with van der Waals surface area (Å²) >= 11 is 0. The van der Waals surface area contributed by atoms with Gasteiger partial charge in [0, 0.05) is 6.42 Å². The van der Waals surface area contributed by atoms with E-state index in [1.54, 1.807) is 0 Å². The van der Waals surface area contributed by atoms with E-state index in [1.165, 1.54) is 148 Å². The Labute approximate surface area is 421 Å². The quantitative estimate of drug-likeness (QED) is 0.0244. The van der Waals surface area contributed by atoms with Crippen molar-refractivity contribution >= 4 is 11.9 Å². The van der Waals surface area contributed by atoms with Crippen molar-refractivity contribution in [3.8, 4) is 0 Å². The number of hydrogen-bond donors (Lipinski definition) is 3. The Bertz CT molecular complexity index is 1250. The first kappa shape index (κ1) is 65.3. The van der Waals surface area contributed by atoms with Gasteiger partial charge in [-0.05, 0) is 89.9 Å². The maximum absolute atomic E-state index is 13.3. The first-order valence-electron chi connectivity index (χ1n) is 29.2. The molecule has 0 aliphatic heterocycles. The molecular weight excluding hydrogens is 839 g/mol. The molecule has 0 aromatic rings. The zero-order chi connectivity index (χ0) is 49.5. The van der Waals surface area contributed by atoms with Gasteiger partial charge in [-0.15, -0.1) is 0 Å². The summed E-state index contributed by atoms with van der Waals surface area (Å²) < 4.78 is 5.94. The predicted molar refractivity (Wildman–Crippen MR) is 296 cm³/mol. The summed E-state index contributed by atoms with van der Waals surface area (Å²) in [6, 6.07) is -0.719. The minimum atomic E-state index is -0.803. The molecule has 3 N–H and O–H groups in total. The van der Waals surface area contributed by atoms with Crippen molar-refractivity contribution in [2.45, 2.75) is 302 Å². The van der Waals surface area contributed by atoms with Gasteiger partial charge in [0.15, 0.2) is 0 Å².